The summed E-state index contributed by atoms with van der Waals surface area (Å²) in [6.07, 6.45) is 2.13. The second-order valence-corrected chi connectivity index (χ2v) is 8.37. The fourth-order valence-electron chi connectivity index (χ4n) is 3.30. The van der Waals surface area contributed by atoms with Gasteiger partial charge in [-0.1, -0.05) is 11.6 Å². The first-order valence-corrected chi connectivity index (χ1v) is 10.4. The monoisotopic (exact) mass is 447 g/mol. The van der Waals surface area contributed by atoms with Gasteiger partial charge in [0.05, 0.1) is 11.6 Å². The number of carbonyl (C=O) groups excluding carboxylic acids is 2. The summed E-state index contributed by atoms with van der Waals surface area (Å²) < 4.78 is 26.5. The van der Waals surface area contributed by atoms with Crippen molar-refractivity contribution in [1.29, 1.82) is 0 Å². The molecule has 2 amide bonds. The van der Waals surface area contributed by atoms with Crippen molar-refractivity contribution in [3.8, 4) is 0 Å². The zero-order valence-electron chi connectivity index (χ0n) is 15.5. The maximum atomic E-state index is 13.4. The Bertz CT molecular complexity index is 1120. The number of thiazole rings is 1. The highest BCUT2D eigenvalue weighted by Gasteiger charge is 2.30. The molecule has 1 heterocycles. The number of benzene rings is 2. The number of rotatable bonds is 4. The van der Waals surface area contributed by atoms with E-state index >= 15 is 0 Å². The SMILES string of the molecule is O=C(Nc1nc2c(s1)CCCC2C(=O)Nc1ccc(F)c(F)c1)c1ccc(Cl)cc1. The zero-order chi connectivity index (χ0) is 21.3. The molecule has 4 rings (SSSR count). The highest BCUT2D eigenvalue weighted by molar-refractivity contribution is 7.16. The third-order valence-electron chi connectivity index (χ3n) is 4.78. The van der Waals surface area contributed by atoms with Crippen LogP contribution in [0.15, 0.2) is 42.5 Å². The number of aryl methyl sites for hydroxylation is 1. The molecule has 3 aromatic rings. The maximum absolute atomic E-state index is 13.4. The van der Waals surface area contributed by atoms with E-state index in [0.29, 0.717) is 27.8 Å². The number of hydrogen-bond donors (Lipinski definition) is 2. The highest BCUT2D eigenvalue weighted by Crippen LogP contribution is 2.37. The van der Waals surface area contributed by atoms with Gasteiger partial charge in [-0.2, -0.15) is 0 Å². The molecule has 1 aromatic heterocycles. The fourth-order valence-corrected chi connectivity index (χ4v) is 4.49. The van der Waals surface area contributed by atoms with Crippen LogP contribution < -0.4 is 10.6 Å². The Balaban J connectivity index is 1.50. The van der Waals surface area contributed by atoms with Crippen molar-refractivity contribution in [2.75, 3.05) is 10.6 Å². The molecule has 0 bridgehead atoms. The number of nitrogens with one attached hydrogen (secondary N) is 2. The van der Waals surface area contributed by atoms with E-state index in [2.05, 4.69) is 15.6 Å². The summed E-state index contributed by atoms with van der Waals surface area (Å²) in [5.41, 5.74) is 1.23. The molecule has 5 nitrogen and oxygen atoms in total. The molecule has 0 aliphatic heterocycles. The predicted octanol–water partition coefficient (Wildman–Crippen LogP) is 5.39. The molecule has 0 saturated heterocycles. The molecule has 1 atom stereocenters. The third kappa shape index (κ3) is 4.34. The van der Waals surface area contributed by atoms with Gasteiger partial charge in [-0.3, -0.25) is 14.9 Å². The summed E-state index contributed by atoms with van der Waals surface area (Å²) in [6, 6.07) is 9.69. The van der Waals surface area contributed by atoms with E-state index in [1.54, 1.807) is 24.3 Å². The van der Waals surface area contributed by atoms with Crippen LogP contribution in [-0.2, 0) is 11.2 Å². The van der Waals surface area contributed by atoms with Crippen LogP contribution in [-0.4, -0.2) is 16.8 Å². The first kappa shape index (κ1) is 20.4. The van der Waals surface area contributed by atoms with Gasteiger partial charge >= 0.3 is 0 Å². The van der Waals surface area contributed by atoms with E-state index in [1.807, 2.05) is 0 Å². The van der Waals surface area contributed by atoms with E-state index < -0.39 is 17.6 Å². The molecule has 0 saturated carbocycles. The molecule has 2 aromatic carbocycles. The Morgan fingerprint density at radius 3 is 2.57 bits per heavy atom. The lowest BCUT2D eigenvalue weighted by Gasteiger charge is -2.20. The Morgan fingerprint density at radius 1 is 1.07 bits per heavy atom. The third-order valence-corrected chi connectivity index (χ3v) is 6.08. The summed E-state index contributed by atoms with van der Waals surface area (Å²) >= 11 is 7.18. The molecule has 154 valence electrons. The van der Waals surface area contributed by atoms with Gasteiger partial charge in [-0.25, -0.2) is 13.8 Å². The lowest BCUT2D eigenvalue weighted by Crippen LogP contribution is -2.24. The number of carbonyl (C=O) groups is 2. The molecule has 0 radical (unpaired) electrons. The average molecular weight is 448 g/mol. The molecule has 0 fully saturated rings. The molecule has 1 aliphatic rings. The molecule has 0 spiro atoms. The van der Waals surface area contributed by atoms with Gasteiger partial charge in [-0.15, -0.1) is 11.3 Å². The van der Waals surface area contributed by atoms with Crippen LogP contribution in [0.5, 0.6) is 0 Å². The number of nitrogens with zero attached hydrogens (tertiary/aromatic N) is 1. The predicted molar refractivity (Wildman–Crippen MR) is 112 cm³/mol. The van der Waals surface area contributed by atoms with E-state index in [9.17, 15) is 18.4 Å². The van der Waals surface area contributed by atoms with Crippen molar-refractivity contribution in [3.63, 3.8) is 0 Å². The largest absolute Gasteiger partial charge is 0.325 e. The van der Waals surface area contributed by atoms with E-state index in [4.69, 9.17) is 11.6 Å². The number of aromatic nitrogens is 1. The summed E-state index contributed by atoms with van der Waals surface area (Å²) in [7, 11) is 0. The number of halogens is 3. The van der Waals surface area contributed by atoms with Gasteiger partial charge in [0, 0.05) is 27.2 Å². The molecule has 2 N–H and O–H groups in total. The Morgan fingerprint density at radius 2 is 1.83 bits per heavy atom. The maximum Gasteiger partial charge on any atom is 0.257 e. The number of fused-ring (bicyclic) bond motifs is 1. The van der Waals surface area contributed by atoms with E-state index in [0.717, 1.165) is 29.9 Å². The van der Waals surface area contributed by atoms with Crippen molar-refractivity contribution in [3.05, 3.63) is 75.3 Å². The van der Waals surface area contributed by atoms with Crippen molar-refractivity contribution >= 4 is 45.6 Å². The van der Waals surface area contributed by atoms with Gasteiger partial charge < -0.3 is 5.32 Å². The van der Waals surface area contributed by atoms with Crippen molar-refractivity contribution in [2.45, 2.75) is 25.2 Å². The Hall–Kier alpha value is -2.84. The number of anilines is 2. The molecular formula is C21H16ClF2N3O2S. The topological polar surface area (TPSA) is 71.1 Å². The zero-order valence-corrected chi connectivity index (χ0v) is 17.1. The van der Waals surface area contributed by atoms with Crippen LogP contribution in [0, 0.1) is 11.6 Å². The van der Waals surface area contributed by atoms with Gasteiger partial charge in [0.25, 0.3) is 5.91 Å². The summed E-state index contributed by atoms with van der Waals surface area (Å²) in [5, 5.41) is 6.32. The van der Waals surface area contributed by atoms with Crippen molar-refractivity contribution in [2.24, 2.45) is 0 Å². The Kier molecular flexibility index (Phi) is 5.78. The molecule has 1 unspecified atom stereocenters. The first-order chi connectivity index (χ1) is 14.4. The second kappa shape index (κ2) is 8.49. The summed E-state index contributed by atoms with van der Waals surface area (Å²) in [4.78, 5) is 30.6. The molecule has 9 heteroatoms. The summed E-state index contributed by atoms with van der Waals surface area (Å²) in [6.45, 7) is 0. The normalized spacial score (nSPS) is 15.4. The quantitative estimate of drug-likeness (QED) is 0.563. The standard InChI is InChI=1S/C21H16ClF2N3O2S/c22-12-6-4-11(5-7-12)19(28)27-21-26-18-14(2-1-3-17(18)30-21)20(29)25-13-8-9-15(23)16(24)10-13/h4-10,14H,1-3H2,(H,25,29)(H,26,27,28). The van der Waals surface area contributed by atoms with Gasteiger partial charge in [0.15, 0.2) is 16.8 Å². The van der Waals surface area contributed by atoms with E-state index in [1.165, 1.54) is 17.4 Å². The highest BCUT2D eigenvalue weighted by atomic mass is 35.5. The number of hydrogen-bond acceptors (Lipinski definition) is 4. The molecule has 1 aliphatic carbocycles. The van der Waals surface area contributed by atoms with Crippen LogP contribution in [0.1, 0.15) is 39.7 Å². The second-order valence-electron chi connectivity index (χ2n) is 6.85. The molecular weight excluding hydrogens is 432 g/mol. The smallest absolute Gasteiger partial charge is 0.257 e. The van der Waals surface area contributed by atoms with Crippen LogP contribution in [0.3, 0.4) is 0 Å². The molecule has 30 heavy (non-hydrogen) atoms. The van der Waals surface area contributed by atoms with Crippen molar-refractivity contribution < 1.29 is 18.4 Å². The first-order valence-electron chi connectivity index (χ1n) is 9.23. The van der Waals surface area contributed by atoms with Gasteiger partial charge in [-0.05, 0) is 55.7 Å². The average Bonchev–Trinajstić information content (AvgIpc) is 3.13. The van der Waals surface area contributed by atoms with Gasteiger partial charge in [0.2, 0.25) is 5.91 Å². The lowest BCUT2D eigenvalue weighted by atomic mass is 9.90. The minimum atomic E-state index is -1.03. The van der Waals surface area contributed by atoms with Crippen LogP contribution >= 0.6 is 22.9 Å². The number of amides is 2. The van der Waals surface area contributed by atoms with Crippen LogP contribution in [0.4, 0.5) is 19.6 Å². The summed E-state index contributed by atoms with van der Waals surface area (Å²) in [5.74, 6) is -3.20. The van der Waals surface area contributed by atoms with E-state index in [-0.39, 0.29) is 17.5 Å². The van der Waals surface area contributed by atoms with Gasteiger partial charge in [0.1, 0.15) is 0 Å². The Labute approximate surface area is 180 Å². The fraction of sp³-hybridized carbons (Fsp3) is 0.190. The van der Waals surface area contributed by atoms with Crippen LogP contribution in [0.2, 0.25) is 5.02 Å². The minimum Gasteiger partial charge on any atom is -0.325 e. The minimum absolute atomic E-state index is 0.178. The van der Waals surface area contributed by atoms with Crippen LogP contribution in [0.25, 0.3) is 0 Å². The lowest BCUT2D eigenvalue weighted by molar-refractivity contribution is -0.117. The van der Waals surface area contributed by atoms with Crippen molar-refractivity contribution in [1.82, 2.24) is 4.98 Å².